The third-order valence-electron chi connectivity index (χ3n) is 5.53. The third kappa shape index (κ3) is 5.00. The number of benzene rings is 2. The molecule has 0 radical (unpaired) electrons. The third-order valence-corrected chi connectivity index (χ3v) is 5.84. The fourth-order valence-electron chi connectivity index (χ4n) is 3.78. The highest BCUT2D eigenvalue weighted by Gasteiger charge is 2.35. The largest absolute Gasteiger partial charge is 0.451 e. The summed E-state index contributed by atoms with van der Waals surface area (Å²) >= 11 is 6.23. The van der Waals surface area contributed by atoms with Crippen LogP contribution in [0.15, 0.2) is 48.5 Å². The van der Waals surface area contributed by atoms with Gasteiger partial charge in [-0.2, -0.15) is 18.3 Å². The number of H-pyrrole nitrogens is 1. The Balaban J connectivity index is 1.62. The van der Waals surface area contributed by atoms with Crippen molar-refractivity contribution in [1.29, 1.82) is 0 Å². The molecule has 178 valence electrons. The predicted molar refractivity (Wildman–Crippen MR) is 123 cm³/mol. The number of alkyl halides is 3. The maximum atomic E-state index is 13.0. The number of nitrogens with zero attached hydrogens (tertiary/aromatic N) is 4. The van der Waals surface area contributed by atoms with Crippen molar-refractivity contribution in [2.24, 2.45) is 0 Å². The molecular weight excluding hydrogens is 467 g/mol. The number of aryl methyl sites for hydroxylation is 1. The Morgan fingerprint density at radius 3 is 2.35 bits per heavy atom. The zero-order valence-electron chi connectivity index (χ0n) is 18.4. The van der Waals surface area contributed by atoms with Crippen molar-refractivity contribution in [3.8, 4) is 22.5 Å². The van der Waals surface area contributed by atoms with Crippen LogP contribution in [0.3, 0.4) is 0 Å². The average molecular weight is 490 g/mol. The van der Waals surface area contributed by atoms with Gasteiger partial charge in [0, 0.05) is 18.5 Å². The summed E-state index contributed by atoms with van der Waals surface area (Å²) in [4.78, 5) is 8.04. The number of hydrogen-bond donors (Lipinski definition) is 2. The average Bonchev–Trinajstić information content (AvgIpc) is 3.43. The van der Waals surface area contributed by atoms with Crippen LogP contribution < -0.4 is 0 Å². The molecule has 34 heavy (non-hydrogen) atoms. The SMILES string of the molecule is CCCCc1nc(Cl)c(CO)n1Cc1ccc(-c2ccccc2-c2n[nH]c(C(F)(F)F)n2)cc1. The summed E-state index contributed by atoms with van der Waals surface area (Å²) in [6, 6.07) is 14.7. The first-order valence-electron chi connectivity index (χ1n) is 10.8. The van der Waals surface area contributed by atoms with E-state index in [1.807, 2.05) is 46.1 Å². The van der Waals surface area contributed by atoms with E-state index in [-0.39, 0.29) is 12.4 Å². The molecule has 2 N–H and O–H groups in total. The van der Waals surface area contributed by atoms with Crippen molar-refractivity contribution in [2.75, 3.05) is 0 Å². The molecule has 0 bridgehead atoms. The molecule has 4 aromatic rings. The van der Waals surface area contributed by atoms with Gasteiger partial charge in [0.1, 0.15) is 5.82 Å². The zero-order valence-corrected chi connectivity index (χ0v) is 19.2. The van der Waals surface area contributed by atoms with Gasteiger partial charge >= 0.3 is 6.18 Å². The van der Waals surface area contributed by atoms with Crippen LogP contribution in [0, 0.1) is 0 Å². The van der Waals surface area contributed by atoms with E-state index in [4.69, 9.17) is 11.6 Å². The minimum Gasteiger partial charge on any atom is -0.390 e. The quantitative estimate of drug-likeness (QED) is 0.323. The van der Waals surface area contributed by atoms with E-state index in [1.165, 1.54) is 0 Å². The number of halogens is 4. The first kappa shape index (κ1) is 24.0. The number of rotatable bonds is 8. The molecule has 0 aliphatic rings. The fraction of sp³-hybridized carbons (Fsp3) is 0.292. The van der Waals surface area contributed by atoms with Crippen LogP contribution in [0.25, 0.3) is 22.5 Å². The lowest BCUT2D eigenvalue weighted by molar-refractivity contribution is -0.144. The van der Waals surface area contributed by atoms with Crippen LogP contribution in [0.4, 0.5) is 13.2 Å². The summed E-state index contributed by atoms with van der Waals surface area (Å²) in [6.07, 6.45) is -1.85. The molecule has 0 atom stereocenters. The molecule has 2 heterocycles. The first-order chi connectivity index (χ1) is 16.3. The van der Waals surface area contributed by atoms with E-state index in [9.17, 15) is 18.3 Å². The fourth-order valence-corrected chi connectivity index (χ4v) is 4.04. The monoisotopic (exact) mass is 489 g/mol. The Kier molecular flexibility index (Phi) is 7.04. The molecule has 0 spiro atoms. The standard InChI is InChI=1S/C24H23ClF3N5O/c1-2-3-8-20-29-21(25)19(14-34)33(20)13-15-9-11-16(12-10-15)17-6-4-5-7-18(17)22-30-23(32-31-22)24(26,27)28/h4-7,9-12,34H,2-3,8,13-14H2,1H3,(H,30,31,32). The highest BCUT2D eigenvalue weighted by molar-refractivity contribution is 6.30. The summed E-state index contributed by atoms with van der Waals surface area (Å²) in [5.74, 6) is -0.325. The van der Waals surface area contributed by atoms with Crippen molar-refractivity contribution < 1.29 is 18.3 Å². The molecule has 0 saturated carbocycles. The maximum absolute atomic E-state index is 13.0. The lowest BCUT2D eigenvalue weighted by Crippen LogP contribution is -2.09. The Morgan fingerprint density at radius 2 is 1.74 bits per heavy atom. The number of unbranched alkanes of at least 4 members (excludes halogenated alkanes) is 1. The van der Waals surface area contributed by atoms with Gasteiger partial charge in [0.25, 0.3) is 0 Å². The van der Waals surface area contributed by atoms with Gasteiger partial charge in [-0.25, -0.2) is 9.97 Å². The maximum Gasteiger partial charge on any atom is 0.451 e. The van der Waals surface area contributed by atoms with Gasteiger partial charge in [-0.05, 0) is 23.1 Å². The number of aliphatic hydroxyl groups excluding tert-OH is 1. The van der Waals surface area contributed by atoms with Gasteiger partial charge < -0.3 is 9.67 Å². The number of hydrogen-bond acceptors (Lipinski definition) is 4. The highest BCUT2D eigenvalue weighted by Crippen LogP contribution is 2.33. The van der Waals surface area contributed by atoms with E-state index in [1.54, 1.807) is 12.1 Å². The van der Waals surface area contributed by atoms with Crippen molar-refractivity contribution in [3.63, 3.8) is 0 Å². The summed E-state index contributed by atoms with van der Waals surface area (Å²) in [7, 11) is 0. The zero-order chi connectivity index (χ0) is 24.3. The number of imidazole rings is 1. The molecule has 4 rings (SSSR count). The lowest BCUT2D eigenvalue weighted by Gasteiger charge is -2.12. The van der Waals surface area contributed by atoms with E-state index in [0.29, 0.717) is 28.5 Å². The summed E-state index contributed by atoms with van der Waals surface area (Å²) in [5.41, 5.74) is 3.57. The first-order valence-corrected chi connectivity index (χ1v) is 11.2. The van der Waals surface area contributed by atoms with Gasteiger partial charge in [0.15, 0.2) is 11.0 Å². The molecule has 6 nitrogen and oxygen atoms in total. The van der Waals surface area contributed by atoms with Crippen molar-refractivity contribution in [1.82, 2.24) is 24.7 Å². The molecule has 0 saturated heterocycles. The molecule has 0 fully saturated rings. The van der Waals surface area contributed by atoms with Crippen LogP contribution in [0.1, 0.15) is 42.7 Å². The van der Waals surface area contributed by atoms with Gasteiger partial charge in [-0.1, -0.05) is 73.5 Å². The van der Waals surface area contributed by atoms with Crippen molar-refractivity contribution in [2.45, 2.75) is 45.5 Å². The van der Waals surface area contributed by atoms with Gasteiger partial charge in [-0.15, -0.1) is 0 Å². The molecule has 0 aliphatic carbocycles. The normalized spacial score (nSPS) is 11.8. The second-order valence-corrected chi connectivity index (χ2v) is 8.22. The van der Waals surface area contributed by atoms with Crippen LogP contribution in [0.5, 0.6) is 0 Å². The molecule has 10 heteroatoms. The van der Waals surface area contributed by atoms with E-state index < -0.39 is 12.0 Å². The number of aromatic nitrogens is 5. The molecular formula is C24H23ClF3N5O. The summed E-state index contributed by atoms with van der Waals surface area (Å²) in [5, 5.41) is 15.8. The Morgan fingerprint density at radius 1 is 1.03 bits per heavy atom. The Hall–Kier alpha value is -3.17. The summed E-state index contributed by atoms with van der Waals surface area (Å²) in [6.45, 7) is 2.38. The predicted octanol–water partition coefficient (Wildman–Crippen LogP) is 5.89. The van der Waals surface area contributed by atoms with E-state index in [0.717, 1.165) is 36.2 Å². The molecule has 0 amide bonds. The van der Waals surface area contributed by atoms with Crippen molar-refractivity contribution >= 4 is 11.6 Å². The van der Waals surface area contributed by atoms with E-state index in [2.05, 4.69) is 22.0 Å². The van der Waals surface area contributed by atoms with Crippen LogP contribution >= 0.6 is 11.6 Å². The van der Waals surface area contributed by atoms with Crippen LogP contribution in [-0.2, 0) is 25.7 Å². The molecule has 2 aromatic carbocycles. The van der Waals surface area contributed by atoms with Crippen LogP contribution in [-0.4, -0.2) is 29.8 Å². The lowest BCUT2D eigenvalue weighted by atomic mass is 9.98. The van der Waals surface area contributed by atoms with Gasteiger partial charge in [0.05, 0.1) is 12.3 Å². The number of aliphatic hydroxyl groups is 1. The van der Waals surface area contributed by atoms with E-state index >= 15 is 0 Å². The molecule has 0 aliphatic heterocycles. The topological polar surface area (TPSA) is 79.6 Å². The second kappa shape index (κ2) is 9.99. The van der Waals surface area contributed by atoms with Gasteiger partial charge in [-0.3, -0.25) is 5.10 Å². The van der Waals surface area contributed by atoms with Crippen molar-refractivity contribution in [3.05, 3.63) is 76.6 Å². The molecule has 0 unspecified atom stereocenters. The molecule has 2 aromatic heterocycles. The van der Waals surface area contributed by atoms with Gasteiger partial charge in [0.2, 0.25) is 5.82 Å². The Labute approximate surface area is 199 Å². The number of aromatic amines is 1. The smallest absolute Gasteiger partial charge is 0.390 e. The summed E-state index contributed by atoms with van der Waals surface area (Å²) < 4.78 is 40.8. The number of nitrogens with one attached hydrogen (secondary N) is 1. The highest BCUT2D eigenvalue weighted by atomic mass is 35.5. The minimum absolute atomic E-state index is 0.0202. The van der Waals surface area contributed by atoms with Crippen LogP contribution in [0.2, 0.25) is 5.15 Å². The second-order valence-electron chi connectivity index (χ2n) is 7.86. The minimum atomic E-state index is -4.60. The Bertz CT molecular complexity index is 1260.